The number of carbonyl (C=O) groups is 2. The molecule has 1 unspecified atom stereocenters. The average molecular weight is 266 g/mol. The van der Waals surface area contributed by atoms with Crippen molar-refractivity contribution in [2.75, 3.05) is 12.4 Å². The Morgan fingerprint density at radius 1 is 1.26 bits per heavy atom. The molecular formula is C12H18N4O3. The zero-order chi connectivity index (χ0) is 14.4. The molecule has 7 heteroatoms. The zero-order valence-electron chi connectivity index (χ0n) is 11.4. The molecular weight excluding hydrogens is 248 g/mol. The Hall–Kier alpha value is -2.18. The summed E-state index contributed by atoms with van der Waals surface area (Å²) < 4.78 is 4.55. The van der Waals surface area contributed by atoms with Crippen molar-refractivity contribution in [3.63, 3.8) is 0 Å². The van der Waals surface area contributed by atoms with Crippen molar-refractivity contribution >= 4 is 17.7 Å². The van der Waals surface area contributed by atoms with Gasteiger partial charge in [-0.05, 0) is 20.8 Å². The Morgan fingerprint density at radius 2 is 1.95 bits per heavy atom. The van der Waals surface area contributed by atoms with E-state index >= 15 is 0 Å². The highest BCUT2D eigenvalue weighted by Gasteiger charge is 2.15. The summed E-state index contributed by atoms with van der Waals surface area (Å²) in [6.45, 7) is 5.45. The van der Waals surface area contributed by atoms with Gasteiger partial charge in [0.2, 0.25) is 5.91 Å². The number of esters is 1. The number of ether oxygens (including phenoxy) is 1. The molecule has 7 nitrogen and oxygen atoms in total. The van der Waals surface area contributed by atoms with Gasteiger partial charge in [0.15, 0.2) is 5.69 Å². The van der Waals surface area contributed by atoms with E-state index in [9.17, 15) is 9.59 Å². The SMILES string of the molecule is COC(=O)c1cncc(NC(C)C(=O)NC(C)C)n1. The summed E-state index contributed by atoms with van der Waals surface area (Å²) in [6, 6.07) is -0.422. The molecule has 0 bridgehead atoms. The van der Waals surface area contributed by atoms with Crippen molar-refractivity contribution in [1.82, 2.24) is 15.3 Å². The number of nitrogens with zero attached hydrogens (tertiary/aromatic N) is 2. The van der Waals surface area contributed by atoms with Crippen LogP contribution in [-0.4, -0.2) is 41.0 Å². The molecule has 1 rings (SSSR count). The maximum atomic E-state index is 11.7. The minimum atomic E-state index is -0.574. The van der Waals surface area contributed by atoms with Crippen LogP contribution in [0, 0.1) is 0 Å². The largest absolute Gasteiger partial charge is 0.464 e. The molecule has 0 radical (unpaired) electrons. The highest BCUT2D eigenvalue weighted by molar-refractivity contribution is 5.87. The van der Waals surface area contributed by atoms with E-state index in [1.807, 2.05) is 13.8 Å². The van der Waals surface area contributed by atoms with Gasteiger partial charge in [0, 0.05) is 6.04 Å². The summed E-state index contributed by atoms with van der Waals surface area (Å²) in [6.07, 6.45) is 2.74. The Morgan fingerprint density at radius 3 is 2.53 bits per heavy atom. The zero-order valence-corrected chi connectivity index (χ0v) is 11.4. The van der Waals surface area contributed by atoms with Crippen molar-refractivity contribution in [2.24, 2.45) is 0 Å². The monoisotopic (exact) mass is 266 g/mol. The molecule has 19 heavy (non-hydrogen) atoms. The number of aromatic nitrogens is 2. The lowest BCUT2D eigenvalue weighted by Gasteiger charge is -2.16. The predicted molar refractivity (Wildman–Crippen MR) is 69.7 cm³/mol. The van der Waals surface area contributed by atoms with Crippen LogP contribution in [0.5, 0.6) is 0 Å². The molecule has 0 saturated carbocycles. The Labute approximate surface area is 111 Å². The maximum absolute atomic E-state index is 11.7. The molecule has 0 aliphatic rings. The number of anilines is 1. The quantitative estimate of drug-likeness (QED) is 0.758. The lowest BCUT2D eigenvalue weighted by atomic mass is 10.3. The van der Waals surface area contributed by atoms with Crippen molar-refractivity contribution in [1.29, 1.82) is 0 Å². The second kappa shape index (κ2) is 6.67. The summed E-state index contributed by atoms with van der Waals surface area (Å²) in [7, 11) is 1.27. The Balaban J connectivity index is 2.71. The van der Waals surface area contributed by atoms with Crippen LogP contribution in [0.15, 0.2) is 12.4 Å². The first-order chi connectivity index (χ1) is 8.93. The fourth-order valence-corrected chi connectivity index (χ4v) is 1.34. The highest BCUT2D eigenvalue weighted by atomic mass is 16.5. The summed E-state index contributed by atoms with van der Waals surface area (Å²) >= 11 is 0. The van der Waals surface area contributed by atoms with Crippen LogP contribution >= 0.6 is 0 Å². The normalized spacial score (nSPS) is 11.8. The molecule has 0 aliphatic heterocycles. The fraction of sp³-hybridized carbons (Fsp3) is 0.500. The number of hydrogen-bond donors (Lipinski definition) is 2. The van der Waals surface area contributed by atoms with Gasteiger partial charge in [-0.25, -0.2) is 9.78 Å². The number of nitrogens with one attached hydrogen (secondary N) is 2. The van der Waals surface area contributed by atoms with Crippen molar-refractivity contribution in [3.8, 4) is 0 Å². The van der Waals surface area contributed by atoms with E-state index in [1.165, 1.54) is 19.5 Å². The molecule has 0 saturated heterocycles. The topological polar surface area (TPSA) is 93.2 Å². The molecule has 1 heterocycles. The minimum Gasteiger partial charge on any atom is -0.464 e. The van der Waals surface area contributed by atoms with E-state index in [-0.39, 0.29) is 17.6 Å². The second-order valence-electron chi connectivity index (χ2n) is 4.31. The van der Waals surface area contributed by atoms with Crippen molar-refractivity contribution in [2.45, 2.75) is 32.9 Å². The van der Waals surface area contributed by atoms with Gasteiger partial charge in [0.1, 0.15) is 11.9 Å². The average Bonchev–Trinajstić information content (AvgIpc) is 2.37. The van der Waals surface area contributed by atoms with E-state index < -0.39 is 12.0 Å². The lowest BCUT2D eigenvalue weighted by molar-refractivity contribution is -0.122. The third-order valence-electron chi connectivity index (χ3n) is 2.22. The molecule has 1 aromatic heterocycles. The molecule has 1 amide bonds. The van der Waals surface area contributed by atoms with Crippen molar-refractivity contribution < 1.29 is 14.3 Å². The molecule has 0 aromatic carbocycles. The van der Waals surface area contributed by atoms with Crippen LogP contribution in [0.3, 0.4) is 0 Å². The first-order valence-electron chi connectivity index (χ1n) is 5.91. The van der Waals surface area contributed by atoms with Gasteiger partial charge in [-0.3, -0.25) is 9.78 Å². The van der Waals surface area contributed by atoms with Crippen LogP contribution in [0.4, 0.5) is 5.82 Å². The number of hydrogen-bond acceptors (Lipinski definition) is 6. The van der Waals surface area contributed by atoms with E-state index in [0.29, 0.717) is 5.82 Å². The van der Waals surface area contributed by atoms with E-state index in [0.717, 1.165) is 0 Å². The third-order valence-corrected chi connectivity index (χ3v) is 2.22. The van der Waals surface area contributed by atoms with Crippen LogP contribution < -0.4 is 10.6 Å². The van der Waals surface area contributed by atoms with E-state index in [2.05, 4.69) is 25.3 Å². The Bertz CT molecular complexity index is 462. The first-order valence-corrected chi connectivity index (χ1v) is 5.91. The summed E-state index contributed by atoms with van der Waals surface area (Å²) in [5, 5.41) is 5.64. The van der Waals surface area contributed by atoms with Crippen LogP contribution in [0.1, 0.15) is 31.3 Å². The molecule has 2 N–H and O–H groups in total. The second-order valence-corrected chi connectivity index (χ2v) is 4.31. The molecule has 1 atom stereocenters. The third kappa shape index (κ3) is 4.53. The molecule has 0 fully saturated rings. The number of carbonyl (C=O) groups excluding carboxylic acids is 2. The molecule has 0 spiro atoms. The Kier molecular flexibility index (Phi) is 5.23. The van der Waals surface area contributed by atoms with Gasteiger partial charge < -0.3 is 15.4 Å². The van der Waals surface area contributed by atoms with Gasteiger partial charge >= 0.3 is 5.97 Å². The van der Waals surface area contributed by atoms with Gasteiger partial charge in [-0.15, -0.1) is 0 Å². The first kappa shape index (κ1) is 14.9. The van der Waals surface area contributed by atoms with E-state index in [4.69, 9.17) is 0 Å². The number of methoxy groups -OCH3 is 1. The van der Waals surface area contributed by atoms with Crippen molar-refractivity contribution in [3.05, 3.63) is 18.1 Å². The van der Waals surface area contributed by atoms with Crippen LogP contribution in [-0.2, 0) is 9.53 Å². The fourth-order valence-electron chi connectivity index (χ4n) is 1.34. The smallest absolute Gasteiger partial charge is 0.358 e. The standard InChI is InChI=1S/C12H18N4O3/c1-7(2)14-11(17)8(3)15-10-6-13-5-9(16-10)12(18)19-4/h5-8H,1-4H3,(H,14,17)(H,15,16). The van der Waals surface area contributed by atoms with E-state index in [1.54, 1.807) is 6.92 Å². The highest BCUT2D eigenvalue weighted by Crippen LogP contribution is 2.05. The number of amides is 1. The predicted octanol–water partition coefficient (Wildman–Crippen LogP) is 0.588. The van der Waals surface area contributed by atoms with Gasteiger partial charge in [-0.1, -0.05) is 0 Å². The lowest BCUT2D eigenvalue weighted by Crippen LogP contribution is -2.41. The van der Waals surface area contributed by atoms with Crippen LogP contribution in [0.25, 0.3) is 0 Å². The maximum Gasteiger partial charge on any atom is 0.358 e. The van der Waals surface area contributed by atoms with Gasteiger partial charge in [-0.2, -0.15) is 0 Å². The van der Waals surface area contributed by atoms with Gasteiger partial charge in [0.05, 0.1) is 19.5 Å². The molecule has 104 valence electrons. The summed E-state index contributed by atoms with van der Waals surface area (Å²) in [5.74, 6) is -0.384. The van der Waals surface area contributed by atoms with Gasteiger partial charge in [0.25, 0.3) is 0 Å². The molecule has 0 aliphatic carbocycles. The number of rotatable bonds is 5. The van der Waals surface area contributed by atoms with Crippen LogP contribution in [0.2, 0.25) is 0 Å². The minimum absolute atomic E-state index is 0.0595. The summed E-state index contributed by atoms with van der Waals surface area (Å²) in [4.78, 5) is 30.9. The molecule has 1 aromatic rings. The summed E-state index contributed by atoms with van der Waals surface area (Å²) in [5.41, 5.74) is 0.0870.